The number of nitriles is 2. The molecule has 1 heterocycles. The molecule has 1 saturated heterocycles. The summed E-state index contributed by atoms with van der Waals surface area (Å²) in [5.41, 5.74) is 1.21. The highest BCUT2D eigenvalue weighted by atomic mass is 16.2. The number of Topliss-reactive ketones (excluding diaryl/α,β-unsaturated/α-hetero) is 1. The van der Waals surface area contributed by atoms with Crippen molar-refractivity contribution in [1.29, 1.82) is 10.5 Å². The van der Waals surface area contributed by atoms with Gasteiger partial charge in [0.25, 0.3) is 0 Å². The third-order valence-corrected chi connectivity index (χ3v) is 3.39. The number of amides is 1. The molecule has 0 spiro atoms. The molecule has 1 amide bonds. The maximum absolute atomic E-state index is 12.3. The second-order valence-corrected chi connectivity index (χ2v) is 4.64. The summed E-state index contributed by atoms with van der Waals surface area (Å²) in [5, 5.41) is 17.3. The minimum absolute atomic E-state index is 0.225. The normalized spacial score (nSPS) is 18.2. The molecule has 1 aromatic carbocycles. The summed E-state index contributed by atoms with van der Waals surface area (Å²) in [6.07, 6.45) is 1.01. The van der Waals surface area contributed by atoms with Crippen LogP contribution in [0, 0.1) is 28.6 Å². The van der Waals surface area contributed by atoms with E-state index in [0.717, 1.165) is 6.42 Å². The maximum atomic E-state index is 12.3. The lowest BCUT2D eigenvalue weighted by molar-refractivity contribution is -0.133. The van der Waals surface area contributed by atoms with Crippen LogP contribution in [-0.2, 0) is 9.59 Å². The van der Waals surface area contributed by atoms with E-state index in [1.54, 1.807) is 35.2 Å². The van der Waals surface area contributed by atoms with Crippen molar-refractivity contribution in [3.8, 4) is 12.1 Å². The average Bonchev–Trinajstić information content (AvgIpc) is 2.48. The molecule has 2 rings (SSSR count). The topological polar surface area (TPSA) is 85.0 Å². The molecular formula is C15H13N3O2. The zero-order valence-corrected chi connectivity index (χ0v) is 10.9. The largest absolute Gasteiger partial charge is 0.312 e. The molecule has 1 unspecified atom stereocenters. The summed E-state index contributed by atoms with van der Waals surface area (Å²) < 4.78 is 0. The van der Waals surface area contributed by atoms with E-state index in [1.807, 2.05) is 6.07 Å². The van der Waals surface area contributed by atoms with Crippen LogP contribution in [0.5, 0.6) is 0 Å². The van der Waals surface area contributed by atoms with E-state index in [2.05, 4.69) is 0 Å². The van der Waals surface area contributed by atoms with Crippen molar-refractivity contribution < 1.29 is 9.59 Å². The molecule has 0 bridgehead atoms. The molecule has 1 atom stereocenters. The molecule has 1 fully saturated rings. The van der Waals surface area contributed by atoms with Crippen LogP contribution in [0.3, 0.4) is 0 Å². The molecule has 20 heavy (non-hydrogen) atoms. The highest BCUT2D eigenvalue weighted by Crippen LogP contribution is 2.25. The highest BCUT2D eigenvalue weighted by molar-refractivity contribution is 6.09. The number of hydrogen-bond acceptors (Lipinski definition) is 4. The quantitative estimate of drug-likeness (QED) is 0.781. The van der Waals surface area contributed by atoms with E-state index >= 15 is 0 Å². The van der Waals surface area contributed by atoms with Crippen molar-refractivity contribution >= 4 is 17.4 Å². The first-order chi connectivity index (χ1) is 9.67. The van der Waals surface area contributed by atoms with Gasteiger partial charge in [-0.25, -0.2) is 0 Å². The van der Waals surface area contributed by atoms with Crippen LogP contribution in [0.15, 0.2) is 24.3 Å². The number of benzene rings is 1. The van der Waals surface area contributed by atoms with Crippen molar-refractivity contribution in [2.45, 2.75) is 19.3 Å². The summed E-state index contributed by atoms with van der Waals surface area (Å²) in [6, 6.07) is 10.5. The van der Waals surface area contributed by atoms with E-state index in [4.69, 9.17) is 10.5 Å². The van der Waals surface area contributed by atoms with Gasteiger partial charge in [-0.2, -0.15) is 10.5 Å². The van der Waals surface area contributed by atoms with Crippen LogP contribution in [0.4, 0.5) is 5.69 Å². The predicted molar refractivity (Wildman–Crippen MR) is 71.5 cm³/mol. The molecule has 0 radical (unpaired) electrons. The van der Waals surface area contributed by atoms with Crippen molar-refractivity contribution in [1.82, 2.24) is 0 Å². The lowest BCUT2D eigenvalue weighted by atomic mass is 9.91. The third kappa shape index (κ3) is 2.67. The van der Waals surface area contributed by atoms with Gasteiger partial charge < -0.3 is 4.90 Å². The van der Waals surface area contributed by atoms with Crippen LogP contribution in [0.25, 0.3) is 0 Å². The number of carbonyl (C=O) groups excluding carboxylic acids is 2. The minimum atomic E-state index is -0.709. The summed E-state index contributed by atoms with van der Waals surface area (Å²) in [7, 11) is 0. The number of piperidine rings is 1. The molecule has 5 heteroatoms. The number of anilines is 1. The van der Waals surface area contributed by atoms with E-state index in [-0.39, 0.29) is 18.1 Å². The SMILES string of the molecule is N#CCC(=O)C1CCCN(c2ccc(C#N)cc2)C1=O. The molecule has 5 nitrogen and oxygen atoms in total. The summed E-state index contributed by atoms with van der Waals surface area (Å²) in [4.78, 5) is 25.7. The Kier molecular flexibility index (Phi) is 4.12. The number of rotatable bonds is 3. The molecular weight excluding hydrogens is 254 g/mol. The summed E-state index contributed by atoms with van der Waals surface area (Å²) in [5.74, 6) is -1.27. The van der Waals surface area contributed by atoms with Gasteiger partial charge in [0.2, 0.25) is 5.91 Å². The molecule has 1 aliphatic heterocycles. The first kappa shape index (κ1) is 13.8. The Balaban J connectivity index is 2.20. The minimum Gasteiger partial charge on any atom is -0.312 e. The Morgan fingerprint density at radius 2 is 2.00 bits per heavy atom. The smallest absolute Gasteiger partial charge is 0.237 e. The van der Waals surface area contributed by atoms with Gasteiger partial charge >= 0.3 is 0 Å². The molecule has 100 valence electrons. The van der Waals surface area contributed by atoms with Crippen LogP contribution in [-0.4, -0.2) is 18.2 Å². The van der Waals surface area contributed by atoms with Gasteiger partial charge in [0, 0.05) is 12.2 Å². The van der Waals surface area contributed by atoms with E-state index < -0.39 is 5.92 Å². The zero-order chi connectivity index (χ0) is 14.5. The summed E-state index contributed by atoms with van der Waals surface area (Å²) in [6.45, 7) is 0.557. The second-order valence-electron chi connectivity index (χ2n) is 4.64. The van der Waals surface area contributed by atoms with Crippen LogP contribution in [0.1, 0.15) is 24.8 Å². The Morgan fingerprint density at radius 3 is 2.60 bits per heavy atom. The first-order valence-electron chi connectivity index (χ1n) is 6.38. The van der Waals surface area contributed by atoms with Crippen molar-refractivity contribution in [3.05, 3.63) is 29.8 Å². The van der Waals surface area contributed by atoms with E-state index in [1.165, 1.54) is 0 Å². The van der Waals surface area contributed by atoms with Gasteiger partial charge in [0.05, 0.1) is 30.0 Å². The van der Waals surface area contributed by atoms with Crippen LogP contribution < -0.4 is 4.90 Å². The first-order valence-corrected chi connectivity index (χ1v) is 6.38. The monoisotopic (exact) mass is 267 g/mol. The molecule has 0 saturated carbocycles. The fourth-order valence-corrected chi connectivity index (χ4v) is 2.35. The van der Waals surface area contributed by atoms with Crippen LogP contribution in [0.2, 0.25) is 0 Å². The molecule has 0 aliphatic carbocycles. The van der Waals surface area contributed by atoms with Gasteiger partial charge in [-0.15, -0.1) is 0 Å². The van der Waals surface area contributed by atoms with E-state index in [9.17, 15) is 9.59 Å². The Labute approximate surface area is 117 Å². The van der Waals surface area contributed by atoms with Gasteiger partial charge in [-0.3, -0.25) is 9.59 Å². The van der Waals surface area contributed by atoms with Gasteiger partial charge in [0.1, 0.15) is 0 Å². The number of nitrogens with zero attached hydrogens (tertiary/aromatic N) is 3. The van der Waals surface area contributed by atoms with Crippen molar-refractivity contribution in [2.24, 2.45) is 5.92 Å². The third-order valence-electron chi connectivity index (χ3n) is 3.39. The molecule has 0 aromatic heterocycles. The predicted octanol–water partition coefficient (Wildman–Crippen LogP) is 1.78. The Hall–Kier alpha value is -2.66. The number of ketones is 1. The Bertz CT molecular complexity index is 607. The maximum Gasteiger partial charge on any atom is 0.237 e. The lowest BCUT2D eigenvalue weighted by Gasteiger charge is -2.31. The van der Waals surface area contributed by atoms with Crippen LogP contribution >= 0.6 is 0 Å². The molecule has 1 aromatic rings. The second kappa shape index (κ2) is 5.99. The standard InChI is InChI=1S/C15H13N3O2/c16-8-7-14(19)13-2-1-9-18(15(13)20)12-5-3-11(10-17)4-6-12/h3-6,13H,1-2,7,9H2. The van der Waals surface area contributed by atoms with Gasteiger partial charge in [0.15, 0.2) is 5.78 Å². The number of hydrogen-bond donors (Lipinski definition) is 0. The Morgan fingerprint density at radius 1 is 1.30 bits per heavy atom. The number of carbonyl (C=O) groups is 2. The van der Waals surface area contributed by atoms with Gasteiger partial charge in [-0.1, -0.05) is 0 Å². The highest BCUT2D eigenvalue weighted by Gasteiger charge is 2.34. The van der Waals surface area contributed by atoms with Gasteiger partial charge in [-0.05, 0) is 37.1 Å². The lowest BCUT2D eigenvalue weighted by Crippen LogP contribution is -2.44. The molecule has 1 aliphatic rings. The fraction of sp³-hybridized carbons (Fsp3) is 0.333. The fourth-order valence-electron chi connectivity index (χ4n) is 2.35. The molecule has 0 N–H and O–H groups in total. The average molecular weight is 267 g/mol. The van der Waals surface area contributed by atoms with Crippen molar-refractivity contribution in [3.63, 3.8) is 0 Å². The zero-order valence-electron chi connectivity index (χ0n) is 10.9. The van der Waals surface area contributed by atoms with Crippen molar-refractivity contribution in [2.75, 3.05) is 11.4 Å². The van der Waals surface area contributed by atoms with E-state index in [0.29, 0.717) is 24.2 Å². The summed E-state index contributed by atoms with van der Waals surface area (Å²) >= 11 is 0.